The Morgan fingerprint density at radius 3 is 1.38 bits per heavy atom. The first-order valence-corrected chi connectivity index (χ1v) is 16.9. The number of halogens is 13. The molecule has 1 amide bonds. The van der Waals surface area contributed by atoms with Gasteiger partial charge in [-0.05, 0) is 5.75 Å². The minimum atomic E-state index is -8.06. The molecule has 0 radical (unpaired) electrons. The smallest absolute Gasteiger partial charge is 0.394 e. The number of amides is 1. The van der Waals surface area contributed by atoms with Crippen LogP contribution >= 0.6 is 11.8 Å². The van der Waals surface area contributed by atoms with E-state index in [0.29, 0.717) is 0 Å². The molecule has 2 aliphatic heterocycles. The summed E-state index contributed by atoms with van der Waals surface area (Å²) in [5.41, 5.74) is -2.29. The molecule has 332 valence electrons. The van der Waals surface area contributed by atoms with Gasteiger partial charge in [0.2, 0.25) is 5.91 Å². The topological polar surface area (TPSA) is 248 Å². The molecule has 15 nitrogen and oxygen atoms in total. The van der Waals surface area contributed by atoms with E-state index in [4.69, 9.17) is 18.9 Å². The van der Waals surface area contributed by atoms with Crippen LogP contribution in [0.2, 0.25) is 0 Å². The minimum Gasteiger partial charge on any atom is -0.394 e. The summed E-state index contributed by atoms with van der Waals surface area (Å²) in [4.78, 5) is 12.8. The van der Waals surface area contributed by atoms with Gasteiger partial charge < -0.3 is 70.2 Å². The van der Waals surface area contributed by atoms with Crippen molar-refractivity contribution < 1.29 is 127 Å². The van der Waals surface area contributed by atoms with Gasteiger partial charge in [-0.3, -0.25) is 4.79 Å². The summed E-state index contributed by atoms with van der Waals surface area (Å²) in [5, 5.41) is 91.6. The average molecular weight is 880 g/mol. The van der Waals surface area contributed by atoms with Crippen LogP contribution in [-0.2, 0) is 23.7 Å². The Labute approximate surface area is 310 Å². The van der Waals surface area contributed by atoms with Gasteiger partial charge in [0.1, 0.15) is 54.4 Å². The van der Waals surface area contributed by atoms with E-state index in [-0.39, 0.29) is 11.8 Å². The van der Waals surface area contributed by atoms with Gasteiger partial charge in [-0.2, -0.15) is 68.8 Å². The first-order valence-electron chi connectivity index (χ1n) is 15.7. The fourth-order valence-electron chi connectivity index (χ4n) is 4.92. The zero-order chi connectivity index (χ0) is 43.5. The van der Waals surface area contributed by atoms with Crippen molar-refractivity contribution in [3.8, 4) is 0 Å². The van der Waals surface area contributed by atoms with Crippen molar-refractivity contribution in [2.45, 2.75) is 116 Å². The lowest BCUT2D eigenvalue weighted by molar-refractivity contribution is -0.439. The van der Waals surface area contributed by atoms with Crippen molar-refractivity contribution in [3.05, 3.63) is 0 Å². The van der Waals surface area contributed by atoms with Gasteiger partial charge in [0, 0.05) is 18.6 Å². The Hall–Kier alpha value is -1.61. The zero-order valence-electron chi connectivity index (χ0n) is 28.0. The molecule has 56 heavy (non-hydrogen) atoms. The predicted molar refractivity (Wildman–Crippen MR) is 155 cm³/mol. The van der Waals surface area contributed by atoms with Gasteiger partial charge in [0.15, 0.2) is 12.6 Å². The van der Waals surface area contributed by atoms with Crippen molar-refractivity contribution in [1.82, 2.24) is 5.32 Å². The molecule has 0 aromatic heterocycles. The summed E-state index contributed by atoms with van der Waals surface area (Å²) in [6, 6.07) is 0. The number of thioether (sulfide) groups is 1. The van der Waals surface area contributed by atoms with Gasteiger partial charge >= 0.3 is 35.8 Å². The highest BCUT2D eigenvalue weighted by Crippen LogP contribution is 2.60. The number of aliphatic hydroxyl groups excluding tert-OH is 9. The molecule has 0 saturated carbocycles. The molecule has 2 saturated heterocycles. The highest BCUT2D eigenvalue weighted by Gasteiger charge is 2.90. The maximum atomic E-state index is 14.1. The molecule has 2 rings (SSSR count). The minimum absolute atomic E-state index is 0.0490. The summed E-state index contributed by atoms with van der Waals surface area (Å²) in [7, 11) is 0. The number of rotatable bonds is 20. The van der Waals surface area contributed by atoms with E-state index in [1.807, 2.05) is 0 Å². The number of hydrogen-bond acceptors (Lipinski definition) is 15. The normalized spacial score (nSPS) is 30.4. The quantitative estimate of drug-likeness (QED) is 0.0506. The molecule has 0 bridgehead atoms. The first-order chi connectivity index (χ1) is 25.4. The summed E-state index contributed by atoms with van der Waals surface area (Å²) in [6.45, 7) is -5.17. The standard InChI is InChI=1S/C27H38F13NO14S/c28-22(29,23(30,31)24(32,33)25(34,35)26(36,37)27(38,39)40)2-4-56-3-1-12(45)41-21(7-44,8-52-19-17(50)15(48)13(46)10(5-42)54-19)9-53-20-18(51)16(49)14(47)11(6-43)55-20/h10-11,13-20,42-44,46-51H,1-9H2,(H,41,45)/t10-,11-,13-,14-,15+,16+,17-,18-,19-,20-/m1/s1. The third kappa shape index (κ3) is 10.2. The highest BCUT2D eigenvalue weighted by atomic mass is 32.2. The Bertz CT molecular complexity index is 1230. The summed E-state index contributed by atoms with van der Waals surface area (Å²) < 4.78 is 194. The maximum Gasteiger partial charge on any atom is 0.460 e. The number of aliphatic hydroxyl groups is 9. The Balaban J connectivity index is 2.17. The SMILES string of the molecule is O=C(CCSCCC(F)(F)C(F)(F)C(F)(F)C(F)(F)C(F)(F)C(F)(F)F)NC(CO)(CO[C@@H]1O[C@H](CO)[C@@H](O)[C@H](O)[C@H]1O)CO[C@@H]1O[C@H](CO)[C@@H](O)[C@H](O)[C@H]1O. The van der Waals surface area contributed by atoms with Crippen LogP contribution in [0.25, 0.3) is 0 Å². The number of carbonyl (C=O) groups is 1. The van der Waals surface area contributed by atoms with E-state index in [9.17, 15) is 108 Å². The molecular weight excluding hydrogens is 841 g/mol. The lowest BCUT2D eigenvalue weighted by Gasteiger charge is -2.43. The van der Waals surface area contributed by atoms with Gasteiger partial charge in [-0.1, -0.05) is 0 Å². The summed E-state index contributed by atoms with van der Waals surface area (Å²) >= 11 is 0.0490. The number of ether oxygens (including phenoxy) is 4. The predicted octanol–water partition coefficient (Wildman–Crippen LogP) is -1.28. The highest BCUT2D eigenvalue weighted by molar-refractivity contribution is 7.99. The fraction of sp³-hybridized carbons (Fsp3) is 0.963. The third-order valence-corrected chi connectivity index (χ3v) is 9.47. The Kier molecular flexibility index (Phi) is 16.9. The molecule has 2 aliphatic rings. The van der Waals surface area contributed by atoms with Crippen LogP contribution in [0.15, 0.2) is 0 Å². The van der Waals surface area contributed by atoms with Crippen LogP contribution in [-0.4, -0.2) is 199 Å². The number of carbonyl (C=O) groups excluding carboxylic acids is 1. The van der Waals surface area contributed by atoms with E-state index in [1.54, 1.807) is 0 Å². The first kappa shape index (κ1) is 50.5. The number of alkyl halides is 13. The van der Waals surface area contributed by atoms with Crippen LogP contribution in [0.3, 0.4) is 0 Å². The van der Waals surface area contributed by atoms with Gasteiger partial charge in [0.25, 0.3) is 0 Å². The molecule has 2 fully saturated rings. The number of nitrogens with one attached hydrogen (secondary N) is 1. The average Bonchev–Trinajstić information content (AvgIpc) is 3.11. The lowest BCUT2D eigenvalue weighted by Crippen LogP contribution is -2.70. The van der Waals surface area contributed by atoms with E-state index in [0.717, 1.165) is 0 Å². The molecule has 2 heterocycles. The van der Waals surface area contributed by atoms with Crippen LogP contribution in [0.5, 0.6) is 0 Å². The van der Waals surface area contributed by atoms with Crippen LogP contribution in [0.4, 0.5) is 57.1 Å². The summed E-state index contributed by atoms with van der Waals surface area (Å²) in [6.07, 6.45) is -29.7. The molecule has 0 aromatic carbocycles. The third-order valence-electron chi connectivity index (χ3n) is 8.48. The molecule has 29 heteroatoms. The largest absolute Gasteiger partial charge is 0.460 e. The van der Waals surface area contributed by atoms with Crippen molar-refractivity contribution in [1.29, 1.82) is 0 Å². The Morgan fingerprint density at radius 1 is 0.589 bits per heavy atom. The molecule has 0 unspecified atom stereocenters. The van der Waals surface area contributed by atoms with Crippen molar-refractivity contribution in [3.63, 3.8) is 0 Å². The van der Waals surface area contributed by atoms with Gasteiger partial charge in [-0.25, -0.2) is 0 Å². The monoisotopic (exact) mass is 879 g/mol. The van der Waals surface area contributed by atoms with Gasteiger partial charge in [0.05, 0.1) is 33.0 Å². The van der Waals surface area contributed by atoms with E-state index in [2.05, 4.69) is 5.32 Å². The van der Waals surface area contributed by atoms with Crippen molar-refractivity contribution in [2.75, 3.05) is 44.5 Å². The second-order valence-electron chi connectivity index (χ2n) is 12.6. The van der Waals surface area contributed by atoms with Gasteiger partial charge in [-0.15, -0.1) is 0 Å². The van der Waals surface area contributed by atoms with E-state index >= 15 is 0 Å². The van der Waals surface area contributed by atoms with Crippen LogP contribution < -0.4 is 5.32 Å². The van der Waals surface area contributed by atoms with E-state index < -0.39 is 166 Å². The molecular formula is C27H38F13NO14S. The lowest BCUT2D eigenvalue weighted by atomic mass is 9.93. The fourth-order valence-corrected chi connectivity index (χ4v) is 5.86. The molecule has 10 N–H and O–H groups in total. The second-order valence-corrected chi connectivity index (χ2v) is 13.8. The van der Waals surface area contributed by atoms with E-state index in [1.165, 1.54) is 0 Å². The maximum absolute atomic E-state index is 14.1. The molecule has 0 aromatic rings. The molecule has 10 atom stereocenters. The molecule has 0 aliphatic carbocycles. The Morgan fingerprint density at radius 2 is 1.00 bits per heavy atom. The second kappa shape index (κ2) is 18.8. The summed E-state index contributed by atoms with van der Waals surface area (Å²) in [5.74, 6) is -41.1. The van der Waals surface area contributed by atoms with Crippen LogP contribution in [0, 0.1) is 0 Å². The van der Waals surface area contributed by atoms with Crippen molar-refractivity contribution >= 4 is 17.7 Å². The molecule has 0 spiro atoms. The van der Waals surface area contributed by atoms with Crippen LogP contribution in [0.1, 0.15) is 12.8 Å². The van der Waals surface area contributed by atoms with Crippen molar-refractivity contribution in [2.24, 2.45) is 0 Å². The number of hydrogen-bond donors (Lipinski definition) is 10. The zero-order valence-corrected chi connectivity index (χ0v) is 28.8.